The van der Waals surface area contributed by atoms with Gasteiger partial charge in [-0.15, -0.1) is 0 Å². The summed E-state index contributed by atoms with van der Waals surface area (Å²) in [4.78, 5) is 20.4. The lowest BCUT2D eigenvalue weighted by atomic mass is 10.1. The first kappa shape index (κ1) is 22.0. The molecule has 0 saturated carbocycles. The minimum atomic E-state index is -0.202. The van der Waals surface area contributed by atoms with E-state index in [0.717, 1.165) is 34.0 Å². The number of H-pyrrole nitrogens is 1. The lowest BCUT2D eigenvalue weighted by Crippen LogP contribution is -2.22. The quantitative estimate of drug-likeness (QED) is 0.412. The molecule has 0 bridgehead atoms. The van der Waals surface area contributed by atoms with Crippen LogP contribution in [0.4, 0.5) is 0 Å². The van der Waals surface area contributed by atoms with Crippen LogP contribution in [0.5, 0.6) is 17.2 Å². The van der Waals surface area contributed by atoms with Crippen LogP contribution in [0.25, 0.3) is 22.6 Å². The van der Waals surface area contributed by atoms with Crippen LogP contribution in [-0.4, -0.2) is 37.2 Å². The number of aromatic amines is 1. The molecule has 168 valence electrons. The highest BCUT2D eigenvalue weighted by Crippen LogP contribution is 2.25. The Labute approximate surface area is 192 Å². The van der Waals surface area contributed by atoms with Crippen molar-refractivity contribution in [1.82, 2.24) is 15.3 Å². The lowest BCUT2D eigenvalue weighted by molar-refractivity contribution is 0.0950. The van der Waals surface area contributed by atoms with Gasteiger partial charge in [0.1, 0.15) is 23.1 Å². The minimum Gasteiger partial charge on any atom is -0.497 e. The zero-order valence-electron chi connectivity index (χ0n) is 18.7. The van der Waals surface area contributed by atoms with Crippen molar-refractivity contribution in [3.8, 4) is 39.9 Å². The first-order valence-electron chi connectivity index (χ1n) is 10.4. The van der Waals surface area contributed by atoms with Crippen molar-refractivity contribution in [2.45, 2.75) is 6.54 Å². The van der Waals surface area contributed by atoms with Crippen molar-refractivity contribution in [2.75, 3.05) is 21.3 Å². The average molecular weight is 444 g/mol. The molecular formula is C26H25N3O4. The highest BCUT2D eigenvalue weighted by molar-refractivity contribution is 5.95. The molecule has 7 heteroatoms. The molecular weight excluding hydrogens is 418 g/mol. The van der Waals surface area contributed by atoms with E-state index in [9.17, 15) is 4.79 Å². The summed E-state index contributed by atoms with van der Waals surface area (Å²) in [6, 6.07) is 20.8. The van der Waals surface area contributed by atoms with Crippen molar-refractivity contribution in [1.29, 1.82) is 0 Å². The van der Waals surface area contributed by atoms with E-state index in [-0.39, 0.29) is 5.91 Å². The van der Waals surface area contributed by atoms with Gasteiger partial charge in [0, 0.05) is 23.7 Å². The van der Waals surface area contributed by atoms with E-state index >= 15 is 0 Å². The molecule has 0 aliphatic heterocycles. The number of methoxy groups -OCH3 is 3. The molecule has 33 heavy (non-hydrogen) atoms. The SMILES string of the molecule is COc1ccc(-c2cnc(-c3ccc(CNC(=O)c4cc(OC)cc(OC)c4)cc3)[nH]2)cc1. The zero-order valence-corrected chi connectivity index (χ0v) is 18.7. The fourth-order valence-electron chi connectivity index (χ4n) is 3.39. The van der Waals surface area contributed by atoms with E-state index in [0.29, 0.717) is 23.6 Å². The zero-order chi connectivity index (χ0) is 23.2. The summed E-state index contributed by atoms with van der Waals surface area (Å²) in [6.45, 7) is 0.397. The molecule has 1 amide bonds. The number of hydrogen-bond acceptors (Lipinski definition) is 5. The van der Waals surface area contributed by atoms with E-state index in [2.05, 4.69) is 15.3 Å². The number of ether oxygens (including phenoxy) is 3. The molecule has 3 aromatic carbocycles. The Balaban J connectivity index is 1.41. The van der Waals surface area contributed by atoms with Gasteiger partial charge in [0.25, 0.3) is 5.91 Å². The maximum Gasteiger partial charge on any atom is 0.251 e. The van der Waals surface area contributed by atoms with Crippen LogP contribution in [-0.2, 0) is 6.54 Å². The minimum absolute atomic E-state index is 0.202. The van der Waals surface area contributed by atoms with E-state index in [1.807, 2.05) is 54.7 Å². The maximum atomic E-state index is 12.6. The Hall–Kier alpha value is -4.26. The van der Waals surface area contributed by atoms with Gasteiger partial charge >= 0.3 is 0 Å². The Morgan fingerprint density at radius 2 is 1.42 bits per heavy atom. The predicted molar refractivity (Wildman–Crippen MR) is 127 cm³/mol. The van der Waals surface area contributed by atoms with Crippen molar-refractivity contribution in [3.63, 3.8) is 0 Å². The molecule has 0 unspecified atom stereocenters. The van der Waals surface area contributed by atoms with Crippen LogP contribution in [0.3, 0.4) is 0 Å². The highest BCUT2D eigenvalue weighted by Gasteiger charge is 2.10. The molecule has 4 aromatic rings. The molecule has 0 aliphatic carbocycles. The lowest BCUT2D eigenvalue weighted by Gasteiger charge is -2.09. The van der Waals surface area contributed by atoms with Gasteiger partial charge in [-0.3, -0.25) is 4.79 Å². The molecule has 0 fully saturated rings. The van der Waals surface area contributed by atoms with Gasteiger partial charge in [-0.05, 0) is 47.5 Å². The molecule has 0 aliphatic rings. The van der Waals surface area contributed by atoms with Crippen LogP contribution >= 0.6 is 0 Å². The second-order valence-corrected chi connectivity index (χ2v) is 7.35. The number of benzene rings is 3. The number of rotatable bonds is 8. The van der Waals surface area contributed by atoms with Crippen LogP contribution in [0.1, 0.15) is 15.9 Å². The number of carbonyl (C=O) groups excluding carboxylic acids is 1. The monoisotopic (exact) mass is 443 g/mol. The van der Waals surface area contributed by atoms with Gasteiger partial charge < -0.3 is 24.5 Å². The standard InChI is InChI=1S/C26H25N3O4/c1-31-21-10-8-18(9-11-21)24-16-27-25(29-24)19-6-4-17(5-7-19)15-28-26(30)20-12-22(32-2)14-23(13-20)33-3/h4-14,16H,15H2,1-3H3,(H,27,29)(H,28,30). The van der Waals surface area contributed by atoms with Crippen LogP contribution in [0.15, 0.2) is 72.9 Å². The molecule has 2 N–H and O–H groups in total. The summed E-state index contributed by atoms with van der Waals surface area (Å²) in [5, 5.41) is 2.93. The van der Waals surface area contributed by atoms with Gasteiger partial charge in [-0.25, -0.2) is 4.98 Å². The van der Waals surface area contributed by atoms with Gasteiger partial charge in [-0.1, -0.05) is 24.3 Å². The number of hydrogen-bond donors (Lipinski definition) is 2. The number of nitrogens with one attached hydrogen (secondary N) is 2. The average Bonchev–Trinajstić information content (AvgIpc) is 3.37. The Kier molecular flexibility index (Phi) is 6.59. The second kappa shape index (κ2) is 9.91. The van der Waals surface area contributed by atoms with Crippen LogP contribution in [0.2, 0.25) is 0 Å². The van der Waals surface area contributed by atoms with Crippen molar-refractivity contribution >= 4 is 5.91 Å². The maximum absolute atomic E-state index is 12.6. The normalized spacial score (nSPS) is 10.5. The van der Waals surface area contributed by atoms with E-state index in [1.165, 1.54) is 0 Å². The molecule has 0 spiro atoms. The van der Waals surface area contributed by atoms with Crippen molar-refractivity contribution < 1.29 is 19.0 Å². The predicted octanol–water partition coefficient (Wildman–Crippen LogP) is 4.70. The Morgan fingerprint density at radius 3 is 2.03 bits per heavy atom. The van der Waals surface area contributed by atoms with Gasteiger partial charge in [0.15, 0.2) is 0 Å². The highest BCUT2D eigenvalue weighted by atomic mass is 16.5. The summed E-state index contributed by atoms with van der Waals surface area (Å²) >= 11 is 0. The smallest absolute Gasteiger partial charge is 0.251 e. The number of aromatic nitrogens is 2. The first-order chi connectivity index (χ1) is 16.1. The summed E-state index contributed by atoms with van der Waals surface area (Å²) in [6.07, 6.45) is 1.81. The van der Waals surface area contributed by atoms with Gasteiger partial charge in [-0.2, -0.15) is 0 Å². The summed E-state index contributed by atoms with van der Waals surface area (Å²) < 4.78 is 15.7. The van der Waals surface area contributed by atoms with E-state index in [4.69, 9.17) is 14.2 Å². The van der Waals surface area contributed by atoms with Crippen molar-refractivity contribution in [2.24, 2.45) is 0 Å². The fraction of sp³-hybridized carbons (Fsp3) is 0.154. The van der Waals surface area contributed by atoms with Crippen molar-refractivity contribution in [3.05, 3.63) is 84.1 Å². The summed E-state index contributed by atoms with van der Waals surface area (Å²) in [5.41, 5.74) is 4.37. The van der Waals surface area contributed by atoms with Gasteiger partial charge in [0.2, 0.25) is 0 Å². The molecule has 0 radical (unpaired) electrons. The topological polar surface area (TPSA) is 85.5 Å². The third-order valence-corrected chi connectivity index (χ3v) is 5.27. The van der Waals surface area contributed by atoms with E-state index < -0.39 is 0 Å². The van der Waals surface area contributed by atoms with E-state index in [1.54, 1.807) is 39.5 Å². The number of imidazole rings is 1. The van der Waals surface area contributed by atoms with Crippen LogP contribution in [0, 0.1) is 0 Å². The molecule has 0 atom stereocenters. The molecule has 4 rings (SSSR count). The molecule has 1 aromatic heterocycles. The molecule has 7 nitrogen and oxygen atoms in total. The van der Waals surface area contributed by atoms with Gasteiger partial charge in [0.05, 0.1) is 33.2 Å². The number of carbonyl (C=O) groups is 1. The Morgan fingerprint density at radius 1 is 0.818 bits per heavy atom. The molecule has 0 saturated heterocycles. The largest absolute Gasteiger partial charge is 0.497 e. The van der Waals surface area contributed by atoms with Crippen LogP contribution < -0.4 is 19.5 Å². The third-order valence-electron chi connectivity index (χ3n) is 5.27. The fourth-order valence-corrected chi connectivity index (χ4v) is 3.39. The summed E-state index contributed by atoms with van der Waals surface area (Å²) in [7, 11) is 4.75. The first-order valence-corrected chi connectivity index (χ1v) is 10.4. The number of nitrogens with zero attached hydrogens (tertiary/aromatic N) is 1. The Bertz CT molecular complexity index is 1210. The molecule has 1 heterocycles. The third kappa shape index (κ3) is 5.15. The summed E-state index contributed by atoms with van der Waals surface area (Å²) in [5.74, 6) is 2.52. The second-order valence-electron chi connectivity index (χ2n) is 7.35. The number of amides is 1.